The molecule has 1 saturated carbocycles. The Morgan fingerprint density at radius 1 is 1.15 bits per heavy atom. The van der Waals surface area contributed by atoms with Gasteiger partial charge in [-0.3, -0.25) is 9.59 Å². The number of rotatable bonds is 9. The first kappa shape index (κ1) is 20.0. The number of nitrogens with one attached hydrogen (secondary N) is 2. The van der Waals surface area contributed by atoms with Crippen LogP contribution in [0.3, 0.4) is 0 Å². The molecule has 27 heavy (non-hydrogen) atoms. The van der Waals surface area contributed by atoms with Gasteiger partial charge in [-0.2, -0.15) is 0 Å². The van der Waals surface area contributed by atoms with Crippen LogP contribution in [0.1, 0.15) is 51.0 Å². The first-order valence-corrected chi connectivity index (χ1v) is 10.2. The van der Waals surface area contributed by atoms with E-state index in [2.05, 4.69) is 10.6 Å². The van der Waals surface area contributed by atoms with Crippen molar-refractivity contribution in [2.75, 3.05) is 13.7 Å². The summed E-state index contributed by atoms with van der Waals surface area (Å²) in [5.41, 5.74) is 0.291. The number of hydrogen-bond donors (Lipinski definition) is 2. The molecular weight excluding hydrogens is 340 g/mol. The minimum absolute atomic E-state index is 0.0350. The number of benzene rings is 1. The third-order valence-electron chi connectivity index (χ3n) is 5.97. The Kier molecular flexibility index (Phi) is 6.66. The molecule has 5 nitrogen and oxygen atoms in total. The summed E-state index contributed by atoms with van der Waals surface area (Å²) in [6.45, 7) is 2.24. The van der Waals surface area contributed by atoms with Crippen molar-refractivity contribution in [2.24, 2.45) is 5.92 Å². The molecule has 3 unspecified atom stereocenters. The van der Waals surface area contributed by atoms with E-state index >= 15 is 0 Å². The maximum Gasteiger partial charge on any atom is 0.237 e. The number of carbonyl (C=O) groups excluding carboxylic acids is 2. The Hall–Kier alpha value is -1.72. The van der Waals surface area contributed by atoms with E-state index in [0.717, 1.165) is 12.0 Å². The molecule has 3 rings (SSSR count). The molecule has 0 bridgehead atoms. The van der Waals surface area contributed by atoms with Gasteiger partial charge >= 0.3 is 0 Å². The SMILES string of the molecule is CNC(CC1CCCCC1)C(=O)NC(Cc1ccccc1)C(=O)C1(C)CO1. The average molecular weight is 373 g/mol. The van der Waals surface area contributed by atoms with Crippen LogP contribution >= 0.6 is 0 Å². The third kappa shape index (κ3) is 5.39. The molecule has 2 N–H and O–H groups in total. The molecule has 1 aliphatic heterocycles. The highest BCUT2D eigenvalue weighted by Gasteiger charge is 2.50. The third-order valence-corrected chi connectivity index (χ3v) is 5.97. The molecule has 1 saturated heterocycles. The van der Waals surface area contributed by atoms with Gasteiger partial charge in [-0.25, -0.2) is 0 Å². The van der Waals surface area contributed by atoms with Crippen molar-refractivity contribution in [3.63, 3.8) is 0 Å². The molecule has 2 fully saturated rings. The van der Waals surface area contributed by atoms with Crippen molar-refractivity contribution in [3.05, 3.63) is 35.9 Å². The van der Waals surface area contributed by atoms with Crippen LogP contribution in [0.25, 0.3) is 0 Å². The van der Waals surface area contributed by atoms with Gasteiger partial charge in [0.15, 0.2) is 5.78 Å². The molecule has 5 heteroatoms. The molecule has 0 spiro atoms. The van der Waals surface area contributed by atoms with Gasteiger partial charge in [0.1, 0.15) is 5.60 Å². The maximum absolute atomic E-state index is 12.9. The van der Waals surface area contributed by atoms with Crippen molar-refractivity contribution >= 4 is 11.7 Å². The Bertz CT molecular complexity index is 636. The minimum atomic E-state index is -0.745. The first-order valence-electron chi connectivity index (χ1n) is 10.2. The van der Waals surface area contributed by atoms with Crippen molar-refractivity contribution in [1.82, 2.24) is 10.6 Å². The summed E-state index contributed by atoms with van der Waals surface area (Å²) >= 11 is 0. The molecule has 0 aromatic heterocycles. The lowest BCUT2D eigenvalue weighted by molar-refractivity contribution is -0.131. The largest absolute Gasteiger partial charge is 0.361 e. The monoisotopic (exact) mass is 372 g/mol. The predicted molar refractivity (Wildman–Crippen MR) is 105 cm³/mol. The van der Waals surface area contributed by atoms with Crippen LogP contribution in [0.15, 0.2) is 30.3 Å². The van der Waals surface area contributed by atoms with Gasteiger partial charge in [0.2, 0.25) is 5.91 Å². The van der Waals surface area contributed by atoms with Gasteiger partial charge in [0.05, 0.1) is 18.7 Å². The van der Waals surface area contributed by atoms with Gasteiger partial charge in [0.25, 0.3) is 0 Å². The Morgan fingerprint density at radius 2 is 1.81 bits per heavy atom. The standard InChI is InChI=1S/C22H32N2O3/c1-22(15-27-22)20(25)18(13-16-9-5-3-6-10-16)24-21(26)19(23-2)14-17-11-7-4-8-12-17/h3,5-6,9-10,17-19,23H,4,7-8,11-15H2,1-2H3,(H,24,26). The predicted octanol–water partition coefficient (Wildman–Crippen LogP) is 2.63. The zero-order chi connectivity index (χ0) is 19.3. The van der Waals surface area contributed by atoms with Crippen molar-refractivity contribution < 1.29 is 14.3 Å². The smallest absolute Gasteiger partial charge is 0.237 e. The van der Waals surface area contributed by atoms with Crippen LogP contribution in [-0.4, -0.2) is 43.0 Å². The van der Waals surface area contributed by atoms with Gasteiger partial charge in [0, 0.05) is 0 Å². The second-order valence-electron chi connectivity index (χ2n) is 8.22. The quantitative estimate of drug-likeness (QED) is 0.654. The number of epoxide rings is 1. The molecule has 1 amide bonds. The molecule has 1 aromatic carbocycles. The van der Waals surface area contributed by atoms with Gasteiger partial charge in [-0.05, 0) is 38.3 Å². The lowest BCUT2D eigenvalue weighted by Crippen LogP contribution is -2.53. The number of ketones is 1. The summed E-state index contributed by atoms with van der Waals surface area (Å²) < 4.78 is 5.35. The fourth-order valence-electron chi connectivity index (χ4n) is 4.06. The van der Waals surface area contributed by atoms with E-state index < -0.39 is 11.6 Å². The van der Waals surface area contributed by atoms with Crippen molar-refractivity contribution in [2.45, 2.75) is 69.6 Å². The van der Waals surface area contributed by atoms with Crippen molar-refractivity contribution in [1.29, 1.82) is 0 Å². The van der Waals surface area contributed by atoms with E-state index in [9.17, 15) is 9.59 Å². The summed E-state index contributed by atoms with van der Waals surface area (Å²) in [6, 6.07) is 9.01. The number of ether oxygens (including phenoxy) is 1. The van der Waals surface area contributed by atoms with Gasteiger partial charge in [-0.1, -0.05) is 62.4 Å². The summed E-state index contributed by atoms with van der Waals surface area (Å²) in [5.74, 6) is 0.475. The highest BCUT2D eigenvalue weighted by atomic mass is 16.6. The van der Waals surface area contributed by atoms with E-state index in [-0.39, 0.29) is 17.7 Å². The highest BCUT2D eigenvalue weighted by Crippen LogP contribution is 2.30. The Labute approximate surface area is 162 Å². The van der Waals surface area contributed by atoms with Crippen LogP contribution in [0, 0.1) is 5.92 Å². The molecule has 1 aliphatic carbocycles. The van der Waals surface area contributed by atoms with E-state index in [4.69, 9.17) is 4.74 Å². The normalized spacial score (nSPS) is 24.8. The fraction of sp³-hybridized carbons (Fsp3) is 0.636. The zero-order valence-corrected chi connectivity index (χ0v) is 16.5. The molecule has 1 aromatic rings. The van der Waals surface area contributed by atoms with Crippen LogP contribution in [0.2, 0.25) is 0 Å². The van der Waals surface area contributed by atoms with Crippen LogP contribution in [0.4, 0.5) is 0 Å². The minimum Gasteiger partial charge on any atom is -0.361 e. The second-order valence-corrected chi connectivity index (χ2v) is 8.22. The number of amides is 1. The van der Waals surface area contributed by atoms with Crippen LogP contribution in [0.5, 0.6) is 0 Å². The van der Waals surface area contributed by atoms with Gasteiger partial charge < -0.3 is 15.4 Å². The number of Topliss-reactive ketones (excluding diaryl/α,β-unsaturated/α-hetero) is 1. The summed E-state index contributed by atoms with van der Waals surface area (Å²) in [5, 5.41) is 6.18. The molecule has 148 valence electrons. The molecular formula is C22H32N2O3. The highest BCUT2D eigenvalue weighted by molar-refractivity contribution is 5.97. The maximum atomic E-state index is 12.9. The molecule has 1 heterocycles. The van der Waals surface area contributed by atoms with E-state index in [1.54, 1.807) is 6.92 Å². The lowest BCUT2D eigenvalue weighted by Gasteiger charge is -2.27. The summed E-state index contributed by atoms with van der Waals surface area (Å²) in [4.78, 5) is 25.8. The first-order chi connectivity index (χ1) is 13.0. The Balaban J connectivity index is 1.65. The van der Waals surface area contributed by atoms with E-state index in [0.29, 0.717) is 18.9 Å². The van der Waals surface area contributed by atoms with E-state index in [1.165, 1.54) is 32.1 Å². The van der Waals surface area contributed by atoms with Gasteiger partial charge in [-0.15, -0.1) is 0 Å². The molecule has 0 radical (unpaired) electrons. The molecule has 3 atom stereocenters. The number of carbonyl (C=O) groups is 2. The topological polar surface area (TPSA) is 70.7 Å². The zero-order valence-electron chi connectivity index (χ0n) is 16.5. The van der Waals surface area contributed by atoms with Crippen LogP contribution < -0.4 is 10.6 Å². The number of hydrogen-bond acceptors (Lipinski definition) is 4. The average Bonchev–Trinajstić information content (AvgIpc) is 3.45. The second kappa shape index (κ2) is 8.98. The molecule has 2 aliphatic rings. The summed E-state index contributed by atoms with van der Waals surface area (Å²) in [6.07, 6.45) is 7.54. The Morgan fingerprint density at radius 3 is 2.41 bits per heavy atom. The fourth-order valence-corrected chi connectivity index (χ4v) is 4.06. The summed E-state index contributed by atoms with van der Waals surface area (Å²) in [7, 11) is 1.83. The van der Waals surface area contributed by atoms with E-state index in [1.807, 2.05) is 37.4 Å². The number of likely N-dealkylation sites (N-methyl/N-ethyl adjacent to an activating group) is 1. The van der Waals surface area contributed by atoms with Crippen LogP contribution in [-0.2, 0) is 20.7 Å². The lowest BCUT2D eigenvalue weighted by atomic mass is 9.84. The van der Waals surface area contributed by atoms with Crippen molar-refractivity contribution in [3.8, 4) is 0 Å².